The summed E-state index contributed by atoms with van der Waals surface area (Å²) in [6.07, 6.45) is 0. The summed E-state index contributed by atoms with van der Waals surface area (Å²) in [6.45, 7) is 0.485. The number of nitriles is 1. The van der Waals surface area contributed by atoms with E-state index in [1.165, 1.54) is 6.07 Å². The van der Waals surface area contributed by atoms with Crippen molar-refractivity contribution in [2.45, 2.75) is 6.54 Å². The van der Waals surface area contributed by atoms with Crippen LogP contribution in [0.1, 0.15) is 11.1 Å². The molecule has 0 aromatic heterocycles. The molecule has 18 heavy (non-hydrogen) atoms. The summed E-state index contributed by atoms with van der Waals surface area (Å²) in [5, 5.41) is 12.6. The van der Waals surface area contributed by atoms with Crippen LogP contribution in [0.5, 0.6) is 0 Å². The first kappa shape index (κ1) is 12.4. The summed E-state index contributed by atoms with van der Waals surface area (Å²) in [5.41, 5.74) is 1.48. The van der Waals surface area contributed by atoms with Crippen LogP contribution >= 0.6 is 11.6 Å². The van der Waals surface area contributed by atoms with Gasteiger partial charge in [-0.1, -0.05) is 29.8 Å². The van der Waals surface area contributed by atoms with E-state index in [1.54, 1.807) is 18.2 Å². The smallest absolute Gasteiger partial charge is 0.143 e. The molecular weight excluding hydrogens is 251 g/mol. The maximum absolute atomic E-state index is 13.4. The second-order valence-electron chi connectivity index (χ2n) is 3.76. The monoisotopic (exact) mass is 260 g/mol. The Kier molecular flexibility index (Phi) is 3.81. The van der Waals surface area contributed by atoms with Crippen molar-refractivity contribution in [3.63, 3.8) is 0 Å². The van der Waals surface area contributed by atoms with Gasteiger partial charge in [-0.15, -0.1) is 0 Å². The Balaban J connectivity index is 2.16. The Hall–Kier alpha value is -2.05. The summed E-state index contributed by atoms with van der Waals surface area (Å²) in [5.74, 6) is -0.520. The average Bonchev–Trinajstić information content (AvgIpc) is 2.36. The van der Waals surface area contributed by atoms with Crippen molar-refractivity contribution in [3.05, 3.63) is 64.4 Å². The SMILES string of the molecule is N#Cc1c(F)cccc1NCc1cccc(Cl)c1. The average molecular weight is 261 g/mol. The Morgan fingerprint density at radius 2 is 2.00 bits per heavy atom. The van der Waals surface area contributed by atoms with Crippen LogP contribution in [0.15, 0.2) is 42.5 Å². The van der Waals surface area contributed by atoms with Crippen LogP contribution in [-0.4, -0.2) is 0 Å². The third kappa shape index (κ3) is 2.79. The Bertz CT molecular complexity index is 605. The molecule has 0 aliphatic heterocycles. The van der Waals surface area contributed by atoms with E-state index in [0.29, 0.717) is 17.3 Å². The molecule has 0 aliphatic carbocycles. The zero-order valence-corrected chi connectivity index (χ0v) is 10.2. The van der Waals surface area contributed by atoms with Crippen molar-refractivity contribution >= 4 is 17.3 Å². The molecule has 1 N–H and O–H groups in total. The van der Waals surface area contributed by atoms with Crippen LogP contribution in [0.4, 0.5) is 10.1 Å². The third-order valence-electron chi connectivity index (χ3n) is 2.50. The largest absolute Gasteiger partial charge is 0.380 e. The minimum absolute atomic E-state index is 0.0273. The minimum Gasteiger partial charge on any atom is -0.380 e. The number of hydrogen-bond acceptors (Lipinski definition) is 2. The first-order valence-electron chi connectivity index (χ1n) is 5.37. The number of rotatable bonds is 3. The Morgan fingerprint density at radius 1 is 1.22 bits per heavy atom. The molecule has 2 aromatic rings. The molecule has 0 saturated carbocycles. The van der Waals surface area contributed by atoms with Gasteiger partial charge in [-0.2, -0.15) is 5.26 Å². The Labute approximate surface area is 110 Å². The molecule has 0 radical (unpaired) electrons. The molecule has 0 spiro atoms. The first-order valence-corrected chi connectivity index (χ1v) is 5.75. The molecule has 0 aliphatic rings. The minimum atomic E-state index is -0.520. The lowest BCUT2D eigenvalue weighted by atomic mass is 10.1. The fraction of sp³-hybridized carbons (Fsp3) is 0.0714. The van der Waals surface area contributed by atoms with E-state index in [9.17, 15) is 4.39 Å². The van der Waals surface area contributed by atoms with E-state index in [2.05, 4.69) is 5.32 Å². The van der Waals surface area contributed by atoms with E-state index >= 15 is 0 Å². The molecular formula is C14H10ClFN2. The molecule has 2 rings (SSSR count). The van der Waals surface area contributed by atoms with Gasteiger partial charge in [-0.3, -0.25) is 0 Å². The molecule has 2 nitrogen and oxygen atoms in total. The lowest BCUT2D eigenvalue weighted by Gasteiger charge is -2.08. The highest BCUT2D eigenvalue weighted by molar-refractivity contribution is 6.30. The lowest BCUT2D eigenvalue weighted by Crippen LogP contribution is -2.02. The summed E-state index contributed by atoms with van der Waals surface area (Å²) in [7, 11) is 0. The van der Waals surface area contributed by atoms with Gasteiger partial charge in [0.1, 0.15) is 17.4 Å². The normalized spacial score (nSPS) is 9.83. The van der Waals surface area contributed by atoms with Crippen molar-refractivity contribution in [1.29, 1.82) is 5.26 Å². The Morgan fingerprint density at radius 3 is 2.72 bits per heavy atom. The van der Waals surface area contributed by atoms with Gasteiger partial charge >= 0.3 is 0 Å². The molecule has 0 heterocycles. The zero-order valence-electron chi connectivity index (χ0n) is 9.45. The third-order valence-corrected chi connectivity index (χ3v) is 2.73. The van der Waals surface area contributed by atoms with Crippen molar-refractivity contribution in [2.75, 3.05) is 5.32 Å². The second kappa shape index (κ2) is 5.52. The topological polar surface area (TPSA) is 35.8 Å². The highest BCUT2D eigenvalue weighted by Crippen LogP contribution is 2.19. The number of halogens is 2. The van der Waals surface area contributed by atoms with Crippen molar-refractivity contribution < 1.29 is 4.39 Å². The summed E-state index contributed by atoms with van der Waals surface area (Å²) >= 11 is 5.87. The highest BCUT2D eigenvalue weighted by atomic mass is 35.5. The van der Waals surface area contributed by atoms with Crippen LogP contribution < -0.4 is 5.32 Å². The first-order chi connectivity index (χ1) is 8.70. The van der Waals surface area contributed by atoms with E-state index in [0.717, 1.165) is 5.56 Å². The quantitative estimate of drug-likeness (QED) is 0.907. The fourth-order valence-corrected chi connectivity index (χ4v) is 1.84. The van der Waals surface area contributed by atoms with Crippen LogP contribution in [0, 0.1) is 17.1 Å². The number of nitrogens with one attached hydrogen (secondary N) is 1. The van der Waals surface area contributed by atoms with Gasteiger partial charge in [0.2, 0.25) is 0 Å². The molecule has 90 valence electrons. The molecule has 4 heteroatoms. The van der Waals surface area contributed by atoms with Gasteiger partial charge in [0.25, 0.3) is 0 Å². The van der Waals surface area contributed by atoms with E-state index in [4.69, 9.17) is 16.9 Å². The summed E-state index contributed by atoms with van der Waals surface area (Å²) < 4.78 is 13.4. The fourth-order valence-electron chi connectivity index (χ4n) is 1.63. The number of benzene rings is 2. The highest BCUT2D eigenvalue weighted by Gasteiger charge is 2.06. The molecule has 0 unspecified atom stereocenters. The van der Waals surface area contributed by atoms with Gasteiger partial charge in [0, 0.05) is 11.6 Å². The maximum atomic E-state index is 13.4. The van der Waals surface area contributed by atoms with Crippen LogP contribution in [0.25, 0.3) is 0 Å². The van der Waals surface area contributed by atoms with Gasteiger partial charge in [-0.05, 0) is 29.8 Å². The summed E-state index contributed by atoms with van der Waals surface area (Å²) in [4.78, 5) is 0. The van der Waals surface area contributed by atoms with Gasteiger partial charge in [0.15, 0.2) is 0 Å². The molecule has 0 bridgehead atoms. The number of nitrogens with zero attached hydrogens (tertiary/aromatic N) is 1. The van der Waals surface area contributed by atoms with Crippen molar-refractivity contribution in [2.24, 2.45) is 0 Å². The van der Waals surface area contributed by atoms with E-state index < -0.39 is 5.82 Å². The maximum Gasteiger partial charge on any atom is 0.143 e. The number of anilines is 1. The van der Waals surface area contributed by atoms with Crippen molar-refractivity contribution in [3.8, 4) is 6.07 Å². The molecule has 2 aromatic carbocycles. The molecule has 0 fully saturated rings. The lowest BCUT2D eigenvalue weighted by molar-refractivity contribution is 0.624. The molecule has 0 saturated heterocycles. The van der Waals surface area contributed by atoms with Crippen LogP contribution in [-0.2, 0) is 6.54 Å². The second-order valence-corrected chi connectivity index (χ2v) is 4.19. The van der Waals surface area contributed by atoms with Gasteiger partial charge < -0.3 is 5.32 Å². The predicted molar refractivity (Wildman–Crippen MR) is 69.9 cm³/mol. The van der Waals surface area contributed by atoms with Crippen molar-refractivity contribution in [1.82, 2.24) is 0 Å². The zero-order chi connectivity index (χ0) is 13.0. The van der Waals surface area contributed by atoms with Crippen LogP contribution in [0.3, 0.4) is 0 Å². The summed E-state index contributed by atoms with van der Waals surface area (Å²) in [6, 6.07) is 13.7. The van der Waals surface area contributed by atoms with Crippen LogP contribution in [0.2, 0.25) is 5.02 Å². The predicted octanol–water partition coefficient (Wildman–Crippen LogP) is 3.96. The molecule has 0 atom stereocenters. The van der Waals surface area contributed by atoms with Gasteiger partial charge in [-0.25, -0.2) is 4.39 Å². The molecule has 0 amide bonds. The van der Waals surface area contributed by atoms with Gasteiger partial charge in [0.05, 0.1) is 5.69 Å². The van der Waals surface area contributed by atoms with E-state index in [-0.39, 0.29) is 5.56 Å². The number of hydrogen-bond donors (Lipinski definition) is 1. The standard InChI is InChI=1S/C14H10ClFN2/c15-11-4-1-3-10(7-11)9-18-14-6-2-5-13(16)12(14)8-17/h1-7,18H,9H2. The van der Waals surface area contributed by atoms with E-state index in [1.807, 2.05) is 24.3 Å².